The second kappa shape index (κ2) is 6.60. The number of nitrogens with one attached hydrogen (secondary N) is 1. The van der Waals surface area contributed by atoms with Crippen molar-refractivity contribution in [2.24, 2.45) is 0 Å². The normalized spacial score (nSPS) is 10.6. The number of hydrogen-bond donors (Lipinski definition) is 1. The molecule has 0 radical (unpaired) electrons. The monoisotopic (exact) mass is 249 g/mol. The molecule has 0 aliphatic carbocycles. The van der Waals surface area contributed by atoms with Gasteiger partial charge in [-0.25, -0.2) is 0 Å². The third-order valence-corrected chi connectivity index (χ3v) is 3.03. The van der Waals surface area contributed by atoms with E-state index in [0.29, 0.717) is 0 Å². The molecule has 1 N–H and O–H groups in total. The number of allylic oxidation sites excluding steroid dienone is 2. The Morgan fingerprint density at radius 1 is 1.05 bits per heavy atom. The maximum absolute atomic E-state index is 3.74. The van der Waals surface area contributed by atoms with Crippen LogP contribution in [-0.2, 0) is 6.42 Å². The average Bonchev–Trinajstić information content (AvgIpc) is 2.46. The molecule has 2 aromatic rings. The number of para-hydroxylation sites is 1. The van der Waals surface area contributed by atoms with Gasteiger partial charge in [0.15, 0.2) is 0 Å². The molecule has 0 saturated carbocycles. The number of hydrogen-bond acceptors (Lipinski definition) is 1. The van der Waals surface area contributed by atoms with Gasteiger partial charge in [0.25, 0.3) is 0 Å². The van der Waals surface area contributed by atoms with Crippen molar-refractivity contribution in [2.45, 2.75) is 13.3 Å². The predicted molar refractivity (Wildman–Crippen MR) is 84.8 cm³/mol. The molecule has 0 amide bonds. The fraction of sp³-hybridized carbons (Fsp3) is 0.111. The van der Waals surface area contributed by atoms with E-state index in [4.69, 9.17) is 0 Å². The second-order valence-electron chi connectivity index (χ2n) is 4.32. The topological polar surface area (TPSA) is 12.0 Å². The van der Waals surface area contributed by atoms with Crippen molar-refractivity contribution >= 4 is 17.5 Å². The smallest absolute Gasteiger partial charge is 0.0460 e. The summed E-state index contributed by atoms with van der Waals surface area (Å²) in [5.41, 5.74) is 4.79. The average molecular weight is 249 g/mol. The molecule has 0 aliphatic rings. The first-order chi connectivity index (χ1) is 9.35. The minimum atomic E-state index is 1.02. The van der Waals surface area contributed by atoms with Crippen molar-refractivity contribution in [1.29, 1.82) is 0 Å². The van der Waals surface area contributed by atoms with E-state index >= 15 is 0 Å². The lowest BCUT2D eigenvalue weighted by Gasteiger charge is -2.13. The van der Waals surface area contributed by atoms with Crippen LogP contribution in [0.4, 0.5) is 11.4 Å². The fourth-order valence-electron chi connectivity index (χ4n) is 2.07. The highest BCUT2D eigenvalue weighted by atomic mass is 14.9. The fourth-order valence-corrected chi connectivity index (χ4v) is 2.07. The Hall–Kier alpha value is -2.28. The van der Waals surface area contributed by atoms with Crippen molar-refractivity contribution in [2.75, 3.05) is 5.32 Å². The summed E-state index contributed by atoms with van der Waals surface area (Å²) in [6.45, 7) is 5.91. The Balaban J connectivity index is 2.39. The molecule has 0 saturated heterocycles. The van der Waals surface area contributed by atoms with Crippen LogP contribution in [-0.4, -0.2) is 0 Å². The van der Waals surface area contributed by atoms with Crippen molar-refractivity contribution in [3.8, 4) is 0 Å². The van der Waals surface area contributed by atoms with Gasteiger partial charge in [-0.05, 0) is 30.2 Å². The summed E-state index contributed by atoms with van der Waals surface area (Å²) in [5, 5.41) is 3.47. The molecular weight excluding hydrogens is 230 g/mol. The first-order valence-electron chi connectivity index (χ1n) is 6.58. The van der Waals surface area contributed by atoms with Gasteiger partial charge in [-0.2, -0.15) is 0 Å². The molecule has 1 heteroatoms. The quantitative estimate of drug-likeness (QED) is 0.719. The summed E-state index contributed by atoms with van der Waals surface area (Å²) in [6.07, 6.45) is 6.90. The number of benzene rings is 2. The van der Waals surface area contributed by atoms with Crippen LogP contribution in [0, 0.1) is 0 Å². The Morgan fingerprint density at radius 3 is 2.53 bits per heavy atom. The van der Waals surface area contributed by atoms with Crippen LogP contribution in [0.5, 0.6) is 0 Å². The molecule has 2 aromatic carbocycles. The zero-order valence-corrected chi connectivity index (χ0v) is 11.3. The van der Waals surface area contributed by atoms with Crippen LogP contribution in [0.3, 0.4) is 0 Å². The summed E-state index contributed by atoms with van der Waals surface area (Å²) in [7, 11) is 0. The Kier molecular flexibility index (Phi) is 4.57. The van der Waals surface area contributed by atoms with Gasteiger partial charge in [0.05, 0.1) is 0 Å². The van der Waals surface area contributed by atoms with Gasteiger partial charge >= 0.3 is 0 Å². The van der Waals surface area contributed by atoms with E-state index in [1.165, 1.54) is 11.1 Å². The molecule has 0 heterocycles. The van der Waals surface area contributed by atoms with Crippen LogP contribution >= 0.6 is 0 Å². The molecular formula is C18H19N. The maximum atomic E-state index is 3.74. The van der Waals surface area contributed by atoms with Crippen LogP contribution in [0.25, 0.3) is 6.08 Å². The minimum Gasteiger partial charge on any atom is -0.355 e. The van der Waals surface area contributed by atoms with Crippen molar-refractivity contribution in [3.05, 3.63) is 78.4 Å². The lowest BCUT2D eigenvalue weighted by atomic mass is 10.0. The van der Waals surface area contributed by atoms with Crippen LogP contribution in [0.1, 0.15) is 18.1 Å². The first-order valence-corrected chi connectivity index (χ1v) is 6.58. The molecule has 0 aromatic heterocycles. The Morgan fingerprint density at radius 2 is 1.84 bits per heavy atom. The largest absolute Gasteiger partial charge is 0.355 e. The highest BCUT2D eigenvalue weighted by molar-refractivity contribution is 5.74. The SMILES string of the molecule is C=C/C=C\c1c(CC)cccc1Nc1ccccc1. The summed E-state index contributed by atoms with van der Waals surface area (Å²) >= 11 is 0. The first kappa shape index (κ1) is 13.2. The maximum Gasteiger partial charge on any atom is 0.0460 e. The second-order valence-corrected chi connectivity index (χ2v) is 4.32. The zero-order chi connectivity index (χ0) is 13.5. The molecule has 96 valence electrons. The summed E-state index contributed by atoms with van der Waals surface area (Å²) in [6, 6.07) is 16.6. The van der Waals surface area contributed by atoms with Gasteiger partial charge in [0, 0.05) is 16.9 Å². The van der Waals surface area contributed by atoms with Gasteiger partial charge in [0.2, 0.25) is 0 Å². The molecule has 0 atom stereocenters. The predicted octanol–water partition coefficient (Wildman–Crippen LogP) is 5.19. The van der Waals surface area contributed by atoms with E-state index in [-0.39, 0.29) is 0 Å². The number of aryl methyl sites for hydroxylation is 1. The summed E-state index contributed by atoms with van der Waals surface area (Å²) < 4.78 is 0. The van der Waals surface area contributed by atoms with Crippen LogP contribution < -0.4 is 5.32 Å². The van der Waals surface area contributed by atoms with E-state index in [1.807, 2.05) is 24.3 Å². The molecule has 2 rings (SSSR count). The molecule has 0 spiro atoms. The van der Waals surface area contributed by atoms with E-state index < -0.39 is 0 Å². The minimum absolute atomic E-state index is 1.02. The molecule has 0 fully saturated rings. The Bertz CT molecular complexity index is 567. The van der Waals surface area contributed by atoms with E-state index in [2.05, 4.69) is 55.2 Å². The van der Waals surface area contributed by atoms with Gasteiger partial charge in [-0.15, -0.1) is 0 Å². The van der Waals surface area contributed by atoms with Crippen molar-refractivity contribution < 1.29 is 0 Å². The third kappa shape index (κ3) is 3.35. The highest BCUT2D eigenvalue weighted by Crippen LogP contribution is 2.25. The zero-order valence-electron chi connectivity index (χ0n) is 11.3. The van der Waals surface area contributed by atoms with Gasteiger partial charge in [0.1, 0.15) is 0 Å². The van der Waals surface area contributed by atoms with Crippen LogP contribution in [0.15, 0.2) is 67.3 Å². The molecule has 0 aliphatic heterocycles. The highest BCUT2D eigenvalue weighted by Gasteiger charge is 2.04. The lowest BCUT2D eigenvalue weighted by Crippen LogP contribution is -1.96. The molecule has 0 bridgehead atoms. The Labute approximate surface area is 115 Å². The van der Waals surface area contributed by atoms with Gasteiger partial charge in [-0.3, -0.25) is 0 Å². The molecule has 19 heavy (non-hydrogen) atoms. The van der Waals surface area contributed by atoms with Crippen molar-refractivity contribution in [1.82, 2.24) is 0 Å². The molecule has 0 unspecified atom stereocenters. The van der Waals surface area contributed by atoms with Gasteiger partial charge in [-0.1, -0.05) is 62.1 Å². The van der Waals surface area contributed by atoms with E-state index in [0.717, 1.165) is 17.8 Å². The van der Waals surface area contributed by atoms with Crippen LogP contribution in [0.2, 0.25) is 0 Å². The van der Waals surface area contributed by atoms with Gasteiger partial charge < -0.3 is 5.32 Å². The standard InChI is InChI=1S/C18H19N/c1-3-5-13-17-15(4-2)10-9-14-18(17)19-16-11-7-6-8-12-16/h3,5-14,19H,1,4H2,2H3/b13-5-. The van der Waals surface area contributed by atoms with E-state index in [1.54, 1.807) is 6.08 Å². The summed E-state index contributed by atoms with van der Waals surface area (Å²) in [4.78, 5) is 0. The summed E-state index contributed by atoms with van der Waals surface area (Å²) in [5.74, 6) is 0. The molecule has 1 nitrogen and oxygen atoms in total. The number of anilines is 2. The van der Waals surface area contributed by atoms with E-state index in [9.17, 15) is 0 Å². The lowest BCUT2D eigenvalue weighted by molar-refractivity contribution is 1.13. The van der Waals surface area contributed by atoms with Crippen molar-refractivity contribution in [3.63, 3.8) is 0 Å². The number of rotatable bonds is 5. The third-order valence-electron chi connectivity index (χ3n) is 3.03.